The van der Waals surface area contributed by atoms with Crippen molar-refractivity contribution in [1.29, 1.82) is 0 Å². The van der Waals surface area contributed by atoms with Crippen molar-refractivity contribution in [2.24, 2.45) is 5.73 Å². The fourth-order valence-electron chi connectivity index (χ4n) is 1.39. The van der Waals surface area contributed by atoms with Gasteiger partial charge >= 0.3 is 0 Å². The van der Waals surface area contributed by atoms with Crippen molar-refractivity contribution in [1.82, 2.24) is 5.32 Å². The van der Waals surface area contributed by atoms with Crippen molar-refractivity contribution in [3.63, 3.8) is 0 Å². The van der Waals surface area contributed by atoms with Gasteiger partial charge in [0, 0.05) is 4.88 Å². The summed E-state index contributed by atoms with van der Waals surface area (Å²) in [6.45, 7) is 2.04. The van der Waals surface area contributed by atoms with E-state index in [0.29, 0.717) is 11.4 Å². The Kier molecular flexibility index (Phi) is 5.42. The summed E-state index contributed by atoms with van der Waals surface area (Å²) < 4.78 is 0. The van der Waals surface area contributed by atoms with E-state index in [9.17, 15) is 4.79 Å². The van der Waals surface area contributed by atoms with E-state index in [1.807, 2.05) is 24.4 Å². The molecule has 0 aliphatic rings. The van der Waals surface area contributed by atoms with Gasteiger partial charge in [0.2, 0.25) is 5.91 Å². The van der Waals surface area contributed by atoms with Crippen molar-refractivity contribution < 1.29 is 4.79 Å². The number of nitrogens with one attached hydrogen (secondary N) is 1. The monoisotopic (exact) mass is 256 g/mol. The lowest BCUT2D eigenvalue weighted by molar-refractivity contribution is -0.120. The van der Waals surface area contributed by atoms with Crippen LogP contribution in [0.15, 0.2) is 17.5 Å². The van der Waals surface area contributed by atoms with Crippen molar-refractivity contribution in [2.45, 2.75) is 32.2 Å². The minimum Gasteiger partial charge on any atom is -0.392 e. The fourth-order valence-corrected chi connectivity index (χ4v) is 2.27. The predicted molar refractivity (Wildman–Crippen MR) is 71.6 cm³/mol. The van der Waals surface area contributed by atoms with Gasteiger partial charge in [0.1, 0.15) is 0 Å². The summed E-state index contributed by atoms with van der Waals surface area (Å²) in [7, 11) is 0. The van der Waals surface area contributed by atoms with Gasteiger partial charge in [-0.15, -0.1) is 11.3 Å². The first-order valence-electron chi connectivity index (χ1n) is 5.24. The predicted octanol–water partition coefficient (Wildman–Crippen LogP) is 1.86. The Morgan fingerprint density at radius 3 is 2.94 bits per heavy atom. The van der Waals surface area contributed by atoms with Gasteiger partial charge in [0.25, 0.3) is 0 Å². The van der Waals surface area contributed by atoms with Crippen molar-refractivity contribution in [3.05, 3.63) is 22.4 Å². The molecule has 5 heteroatoms. The van der Waals surface area contributed by atoms with Gasteiger partial charge in [-0.2, -0.15) is 0 Å². The van der Waals surface area contributed by atoms with Crippen molar-refractivity contribution in [3.8, 4) is 0 Å². The lowest BCUT2D eigenvalue weighted by Crippen LogP contribution is -2.43. The Labute approximate surface area is 105 Å². The second kappa shape index (κ2) is 6.60. The quantitative estimate of drug-likeness (QED) is 0.764. The molecule has 1 unspecified atom stereocenters. The van der Waals surface area contributed by atoms with Gasteiger partial charge in [-0.05, 0) is 17.9 Å². The van der Waals surface area contributed by atoms with Crippen LogP contribution in [0, 0.1) is 0 Å². The van der Waals surface area contributed by atoms with Crippen LogP contribution in [-0.2, 0) is 11.2 Å². The molecular formula is C11H16N2OS2. The molecule has 0 fully saturated rings. The van der Waals surface area contributed by atoms with E-state index in [2.05, 4.69) is 5.32 Å². The molecule has 3 nitrogen and oxygen atoms in total. The number of thiophene rings is 1. The number of amides is 1. The van der Waals surface area contributed by atoms with Crippen LogP contribution < -0.4 is 11.1 Å². The maximum Gasteiger partial charge on any atom is 0.225 e. The summed E-state index contributed by atoms with van der Waals surface area (Å²) >= 11 is 6.49. The Morgan fingerprint density at radius 1 is 1.69 bits per heavy atom. The smallest absolute Gasteiger partial charge is 0.225 e. The number of thiocarbonyl (C=S) groups is 1. The molecule has 0 aliphatic heterocycles. The molecule has 1 amide bonds. The molecule has 1 aromatic heterocycles. The van der Waals surface area contributed by atoms with Crippen LogP contribution in [0.2, 0.25) is 0 Å². The zero-order chi connectivity index (χ0) is 12.0. The minimum absolute atomic E-state index is 0.0197. The van der Waals surface area contributed by atoms with E-state index in [-0.39, 0.29) is 11.9 Å². The first-order valence-corrected chi connectivity index (χ1v) is 6.53. The van der Waals surface area contributed by atoms with Crippen LogP contribution in [0.4, 0.5) is 0 Å². The summed E-state index contributed by atoms with van der Waals surface area (Å²) in [5.74, 6) is -0.0197. The molecule has 1 rings (SSSR count). The molecule has 1 atom stereocenters. The number of hydrogen-bond donors (Lipinski definition) is 2. The summed E-state index contributed by atoms with van der Waals surface area (Å²) in [5.41, 5.74) is 5.56. The van der Waals surface area contributed by atoms with Crippen LogP contribution in [0.1, 0.15) is 24.6 Å². The topological polar surface area (TPSA) is 55.1 Å². The molecule has 1 aromatic rings. The fraction of sp³-hybridized carbons (Fsp3) is 0.455. The normalized spacial score (nSPS) is 12.1. The van der Waals surface area contributed by atoms with Gasteiger partial charge in [-0.3, -0.25) is 4.79 Å². The number of nitrogens with two attached hydrogens (primary N) is 1. The third-order valence-electron chi connectivity index (χ3n) is 2.17. The molecule has 0 saturated heterocycles. The molecule has 0 aliphatic carbocycles. The molecule has 3 N–H and O–H groups in total. The van der Waals surface area contributed by atoms with Crippen LogP contribution in [-0.4, -0.2) is 16.9 Å². The first kappa shape index (κ1) is 13.1. The Bertz CT molecular complexity index is 349. The zero-order valence-electron chi connectivity index (χ0n) is 9.23. The van der Waals surface area contributed by atoms with Gasteiger partial charge in [0.05, 0.1) is 17.5 Å². The maximum absolute atomic E-state index is 11.7. The van der Waals surface area contributed by atoms with Crippen LogP contribution in [0.5, 0.6) is 0 Å². The average Bonchev–Trinajstić information content (AvgIpc) is 2.69. The summed E-state index contributed by atoms with van der Waals surface area (Å²) in [6.07, 6.45) is 2.15. The van der Waals surface area contributed by atoms with E-state index in [0.717, 1.165) is 17.7 Å². The number of carbonyl (C=O) groups is 1. The average molecular weight is 256 g/mol. The molecule has 0 spiro atoms. The Hall–Kier alpha value is -0.940. The van der Waals surface area contributed by atoms with E-state index in [1.54, 1.807) is 11.3 Å². The van der Waals surface area contributed by atoms with Crippen LogP contribution in [0.3, 0.4) is 0 Å². The van der Waals surface area contributed by atoms with Crippen molar-refractivity contribution >= 4 is 34.5 Å². The molecule has 88 valence electrons. The molecule has 0 aromatic carbocycles. The van der Waals surface area contributed by atoms with Gasteiger partial charge in [-0.1, -0.05) is 31.6 Å². The highest BCUT2D eigenvalue weighted by atomic mass is 32.1. The SMILES string of the molecule is CCCC(NC(=O)Cc1cccs1)C(N)=S. The largest absolute Gasteiger partial charge is 0.392 e. The Balaban J connectivity index is 2.45. The first-order chi connectivity index (χ1) is 7.63. The second-order valence-corrected chi connectivity index (χ2v) is 5.07. The lowest BCUT2D eigenvalue weighted by atomic mass is 10.1. The molecular weight excluding hydrogens is 240 g/mol. The van der Waals surface area contributed by atoms with Crippen LogP contribution >= 0.6 is 23.6 Å². The highest BCUT2D eigenvalue weighted by molar-refractivity contribution is 7.80. The van der Waals surface area contributed by atoms with E-state index in [4.69, 9.17) is 18.0 Å². The zero-order valence-corrected chi connectivity index (χ0v) is 10.9. The number of carbonyl (C=O) groups excluding carboxylic acids is 1. The third kappa shape index (κ3) is 4.28. The highest BCUT2D eigenvalue weighted by Crippen LogP contribution is 2.09. The molecule has 16 heavy (non-hydrogen) atoms. The van der Waals surface area contributed by atoms with E-state index < -0.39 is 0 Å². The third-order valence-corrected chi connectivity index (χ3v) is 3.33. The summed E-state index contributed by atoms with van der Waals surface area (Å²) in [5, 5.41) is 4.82. The van der Waals surface area contributed by atoms with Gasteiger partial charge in [-0.25, -0.2) is 0 Å². The minimum atomic E-state index is -0.174. The molecule has 0 bridgehead atoms. The summed E-state index contributed by atoms with van der Waals surface area (Å²) in [4.78, 5) is 13.1. The van der Waals surface area contributed by atoms with Gasteiger partial charge in [0.15, 0.2) is 0 Å². The molecule has 0 saturated carbocycles. The van der Waals surface area contributed by atoms with E-state index in [1.165, 1.54) is 0 Å². The standard InChI is InChI=1S/C11H16N2OS2/c1-2-4-9(11(12)15)13-10(14)7-8-5-3-6-16-8/h3,5-6,9H,2,4,7H2,1H3,(H2,12,15)(H,13,14). The second-order valence-electron chi connectivity index (χ2n) is 3.57. The van der Waals surface area contributed by atoms with Crippen LogP contribution in [0.25, 0.3) is 0 Å². The molecule has 1 heterocycles. The maximum atomic E-state index is 11.7. The highest BCUT2D eigenvalue weighted by Gasteiger charge is 2.14. The lowest BCUT2D eigenvalue weighted by Gasteiger charge is -2.16. The van der Waals surface area contributed by atoms with E-state index >= 15 is 0 Å². The summed E-state index contributed by atoms with van der Waals surface area (Å²) in [6, 6.07) is 3.71. The van der Waals surface area contributed by atoms with Gasteiger partial charge < -0.3 is 11.1 Å². The Morgan fingerprint density at radius 2 is 2.44 bits per heavy atom. The number of rotatable bonds is 6. The van der Waals surface area contributed by atoms with Crippen molar-refractivity contribution in [2.75, 3.05) is 0 Å². The molecule has 0 radical (unpaired) electrons. The number of hydrogen-bond acceptors (Lipinski definition) is 3.